The highest BCUT2D eigenvalue weighted by Crippen LogP contribution is 2.21. The summed E-state index contributed by atoms with van der Waals surface area (Å²) in [5, 5.41) is 2.42. The number of nitrogens with zero attached hydrogens (tertiary/aromatic N) is 2. The summed E-state index contributed by atoms with van der Waals surface area (Å²) >= 11 is 0. The van der Waals surface area contributed by atoms with Crippen LogP contribution in [0.1, 0.15) is 34.6 Å². The lowest BCUT2D eigenvalue weighted by Crippen LogP contribution is -2.57. The van der Waals surface area contributed by atoms with Gasteiger partial charge in [0.15, 0.2) is 17.7 Å². The molecule has 0 radical (unpaired) electrons. The zero-order valence-electron chi connectivity index (χ0n) is 17.8. The summed E-state index contributed by atoms with van der Waals surface area (Å²) in [6.45, 7) is 4.61. The normalized spacial score (nSPS) is 17.1. The Kier molecular flexibility index (Phi) is 6.89. The quantitative estimate of drug-likeness (QED) is 0.795. The highest BCUT2D eigenvalue weighted by Gasteiger charge is 2.33. The summed E-state index contributed by atoms with van der Waals surface area (Å²) in [6.07, 6.45) is -0.917. The number of benzene rings is 2. The fourth-order valence-electron chi connectivity index (χ4n) is 3.59. The van der Waals surface area contributed by atoms with E-state index in [-0.39, 0.29) is 29.2 Å². The Morgan fingerprint density at radius 3 is 2.42 bits per heavy atom. The van der Waals surface area contributed by atoms with Gasteiger partial charge in [-0.1, -0.05) is 18.2 Å². The van der Waals surface area contributed by atoms with Crippen LogP contribution in [-0.2, 0) is 4.79 Å². The Labute approximate surface area is 180 Å². The van der Waals surface area contributed by atoms with Gasteiger partial charge in [0.05, 0.1) is 0 Å². The molecular weight excluding hydrogens is 401 g/mol. The lowest BCUT2D eigenvalue weighted by atomic mass is 10.1. The molecule has 0 aromatic heterocycles. The molecule has 1 N–H and O–H groups in total. The fraction of sp³-hybridized carbons (Fsp3) is 0.348. The molecule has 1 aliphatic rings. The molecule has 3 rings (SSSR count). The van der Waals surface area contributed by atoms with Crippen LogP contribution in [0.25, 0.3) is 0 Å². The number of ether oxygens (including phenoxy) is 1. The smallest absolute Gasteiger partial charge is 0.263 e. The molecule has 0 bridgehead atoms. The van der Waals surface area contributed by atoms with Gasteiger partial charge in [-0.15, -0.1) is 0 Å². The van der Waals surface area contributed by atoms with Crippen molar-refractivity contribution in [3.8, 4) is 5.75 Å². The lowest BCUT2D eigenvalue weighted by Gasteiger charge is -2.40. The van der Waals surface area contributed by atoms with E-state index in [1.54, 1.807) is 28.9 Å². The van der Waals surface area contributed by atoms with Crippen LogP contribution in [0.2, 0.25) is 0 Å². The minimum Gasteiger partial charge on any atom is -0.478 e. The number of hydrogen-bond donors (Lipinski definition) is 1. The van der Waals surface area contributed by atoms with Crippen molar-refractivity contribution in [1.29, 1.82) is 0 Å². The van der Waals surface area contributed by atoms with E-state index < -0.39 is 17.8 Å². The summed E-state index contributed by atoms with van der Waals surface area (Å²) < 4.78 is 19.9. The monoisotopic (exact) mass is 427 g/mol. The first-order valence-corrected chi connectivity index (χ1v) is 10.1. The molecule has 0 saturated carbocycles. The second kappa shape index (κ2) is 9.59. The van der Waals surface area contributed by atoms with Crippen LogP contribution >= 0.6 is 0 Å². The molecule has 1 aliphatic heterocycles. The van der Waals surface area contributed by atoms with Crippen LogP contribution in [0.15, 0.2) is 48.5 Å². The second-order valence-electron chi connectivity index (χ2n) is 7.48. The van der Waals surface area contributed by atoms with Crippen LogP contribution in [0, 0.1) is 5.82 Å². The molecule has 7 nitrogen and oxygen atoms in total. The van der Waals surface area contributed by atoms with Gasteiger partial charge in [0.2, 0.25) is 0 Å². The van der Waals surface area contributed by atoms with Crippen LogP contribution < -0.4 is 10.1 Å². The molecule has 0 unspecified atom stereocenters. The summed E-state index contributed by atoms with van der Waals surface area (Å²) in [5.41, 5.74) is 0.779. The maximum absolute atomic E-state index is 14.3. The van der Waals surface area contributed by atoms with Gasteiger partial charge in [-0.05, 0) is 44.2 Å². The highest BCUT2D eigenvalue weighted by molar-refractivity contribution is 5.95. The van der Waals surface area contributed by atoms with E-state index in [0.29, 0.717) is 25.2 Å². The predicted molar refractivity (Wildman–Crippen MR) is 113 cm³/mol. The van der Waals surface area contributed by atoms with Gasteiger partial charge in [0, 0.05) is 43.9 Å². The van der Waals surface area contributed by atoms with Crippen molar-refractivity contribution in [1.82, 2.24) is 15.1 Å². The van der Waals surface area contributed by atoms with Gasteiger partial charge in [-0.25, -0.2) is 4.39 Å². The molecule has 2 aromatic carbocycles. The molecule has 164 valence electrons. The summed E-state index contributed by atoms with van der Waals surface area (Å²) in [4.78, 5) is 40.5. The van der Waals surface area contributed by atoms with Crippen molar-refractivity contribution in [2.75, 3.05) is 26.7 Å². The average Bonchev–Trinajstić information content (AvgIpc) is 2.79. The molecule has 3 amide bonds. The molecule has 31 heavy (non-hydrogen) atoms. The van der Waals surface area contributed by atoms with Crippen LogP contribution in [0.4, 0.5) is 4.39 Å². The molecule has 2 aromatic rings. The Bertz CT molecular complexity index is 967. The van der Waals surface area contributed by atoms with Gasteiger partial charge >= 0.3 is 0 Å². The maximum atomic E-state index is 14.3. The number of carbonyl (C=O) groups is 3. The van der Waals surface area contributed by atoms with Gasteiger partial charge in [0.25, 0.3) is 17.7 Å². The Morgan fingerprint density at radius 1 is 1.10 bits per heavy atom. The maximum Gasteiger partial charge on any atom is 0.263 e. The van der Waals surface area contributed by atoms with Crippen molar-refractivity contribution in [2.45, 2.75) is 26.0 Å². The number of piperazine rings is 1. The van der Waals surface area contributed by atoms with E-state index in [0.717, 1.165) is 6.07 Å². The van der Waals surface area contributed by atoms with Crippen LogP contribution in [0.5, 0.6) is 5.75 Å². The van der Waals surface area contributed by atoms with E-state index in [1.165, 1.54) is 19.2 Å². The summed E-state index contributed by atoms with van der Waals surface area (Å²) in [5.74, 6) is -1.58. The number of amides is 3. The summed E-state index contributed by atoms with van der Waals surface area (Å²) in [6, 6.07) is 12.7. The number of hydrogen-bond acceptors (Lipinski definition) is 4. The van der Waals surface area contributed by atoms with Crippen molar-refractivity contribution in [2.24, 2.45) is 0 Å². The van der Waals surface area contributed by atoms with E-state index >= 15 is 0 Å². The fourth-order valence-corrected chi connectivity index (χ4v) is 3.59. The first-order valence-electron chi connectivity index (χ1n) is 10.1. The van der Waals surface area contributed by atoms with Gasteiger partial charge in [0.1, 0.15) is 0 Å². The average molecular weight is 427 g/mol. The molecule has 1 heterocycles. The lowest BCUT2D eigenvalue weighted by molar-refractivity contribution is -0.142. The van der Waals surface area contributed by atoms with Crippen molar-refractivity contribution in [3.05, 3.63) is 65.5 Å². The second-order valence-corrected chi connectivity index (χ2v) is 7.48. The van der Waals surface area contributed by atoms with Gasteiger partial charge < -0.3 is 19.9 Å². The first kappa shape index (κ1) is 22.3. The van der Waals surface area contributed by atoms with E-state index in [4.69, 9.17) is 4.74 Å². The first-order chi connectivity index (χ1) is 14.8. The SMILES string of the molecule is CNC(=O)c1ccc(O[C@H](C)C(=O)N2CCN(C(=O)c3ccccc3)C[C@H]2C)c(F)c1. The standard InChI is InChI=1S/C23H26FN3O4/c1-15-14-26(23(30)17-7-5-4-6-8-17)11-12-27(15)22(29)16(2)31-20-10-9-18(13-19(20)24)21(28)25-3/h4-10,13,15-16H,11-12,14H2,1-3H3,(H,25,28)/t15-,16-/m1/s1. The number of halogens is 1. The number of carbonyl (C=O) groups excluding carboxylic acids is 3. The van der Waals surface area contributed by atoms with Gasteiger partial charge in [-0.3, -0.25) is 14.4 Å². The molecule has 1 fully saturated rings. The number of rotatable bonds is 5. The zero-order valence-corrected chi connectivity index (χ0v) is 17.8. The minimum absolute atomic E-state index is 0.0675. The van der Waals surface area contributed by atoms with E-state index in [2.05, 4.69) is 5.32 Å². The van der Waals surface area contributed by atoms with Crippen molar-refractivity contribution < 1.29 is 23.5 Å². The topological polar surface area (TPSA) is 79.0 Å². The highest BCUT2D eigenvalue weighted by atomic mass is 19.1. The Morgan fingerprint density at radius 2 is 1.81 bits per heavy atom. The molecular formula is C23H26FN3O4. The molecule has 0 aliphatic carbocycles. The predicted octanol–water partition coefficient (Wildman–Crippen LogP) is 2.33. The van der Waals surface area contributed by atoms with E-state index in [1.807, 2.05) is 25.1 Å². The third kappa shape index (κ3) is 5.02. The van der Waals surface area contributed by atoms with Crippen molar-refractivity contribution >= 4 is 17.7 Å². The van der Waals surface area contributed by atoms with E-state index in [9.17, 15) is 18.8 Å². The molecule has 2 atom stereocenters. The van der Waals surface area contributed by atoms with Gasteiger partial charge in [-0.2, -0.15) is 0 Å². The Balaban J connectivity index is 1.61. The molecule has 8 heteroatoms. The third-order valence-electron chi connectivity index (χ3n) is 5.29. The summed E-state index contributed by atoms with van der Waals surface area (Å²) in [7, 11) is 1.46. The zero-order chi connectivity index (χ0) is 22.5. The molecule has 0 spiro atoms. The Hall–Kier alpha value is -3.42. The molecule has 1 saturated heterocycles. The third-order valence-corrected chi connectivity index (χ3v) is 5.29. The van der Waals surface area contributed by atoms with Crippen LogP contribution in [0.3, 0.4) is 0 Å². The minimum atomic E-state index is -0.917. The van der Waals surface area contributed by atoms with Crippen molar-refractivity contribution in [3.63, 3.8) is 0 Å². The number of nitrogens with one attached hydrogen (secondary N) is 1. The van der Waals surface area contributed by atoms with Crippen LogP contribution in [-0.4, -0.2) is 66.3 Å². The largest absolute Gasteiger partial charge is 0.478 e.